The fourth-order valence-corrected chi connectivity index (χ4v) is 1.71. The Labute approximate surface area is 120 Å². The number of hydrogen-bond acceptors (Lipinski definition) is 5. The Morgan fingerprint density at radius 3 is 3.00 bits per heavy atom. The number of hydrogen-bond donors (Lipinski definition) is 1. The van der Waals surface area contributed by atoms with E-state index in [4.69, 9.17) is 17.0 Å². The lowest BCUT2D eigenvalue weighted by Crippen LogP contribution is -2.18. The highest BCUT2D eigenvalue weighted by atomic mass is 32.1. The standard InChI is InChI=1S/C13H14N4O2S/c1-9(2)19-11-5-3-4-10(6-11)7-15-17-12(18)8-14-16-13(17)20/h3-9H,1-2H3,(H,16,20)/b15-7-. The Kier molecular flexibility index (Phi) is 4.41. The molecule has 2 rings (SSSR count). The van der Waals surface area contributed by atoms with E-state index >= 15 is 0 Å². The number of nitrogens with one attached hydrogen (secondary N) is 1. The summed E-state index contributed by atoms with van der Waals surface area (Å²) in [7, 11) is 0. The van der Waals surface area contributed by atoms with Gasteiger partial charge >= 0.3 is 0 Å². The molecule has 2 aromatic rings. The largest absolute Gasteiger partial charge is 0.491 e. The van der Waals surface area contributed by atoms with Gasteiger partial charge in [0.1, 0.15) is 11.9 Å². The zero-order valence-corrected chi connectivity index (χ0v) is 11.9. The van der Waals surface area contributed by atoms with Crippen molar-refractivity contribution in [1.29, 1.82) is 0 Å². The molecule has 7 heteroatoms. The van der Waals surface area contributed by atoms with Crippen LogP contribution in [0.2, 0.25) is 0 Å². The van der Waals surface area contributed by atoms with Gasteiger partial charge in [-0.2, -0.15) is 14.9 Å². The maximum absolute atomic E-state index is 11.5. The number of benzene rings is 1. The van der Waals surface area contributed by atoms with Crippen LogP contribution in [0.25, 0.3) is 0 Å². The quantitative estimate of drug-likeness (QED) is 0.690. The molecular weight excluding hydrogens is 276 g/mol. The minimum Gasteiger partial charge on any atom is -0.491 e. The molecule has 0 bridgehead atoms. The van der Waals surface area contributed by atoms with E-state index in [1.165, 1.54) is 6.21 Å². The predicted octanol–water partition coefficient (Wildman–Crippen LogP) is 1.97. The third-order valence-corrected chi connectivity index (χ3v) is 2.55. The van der Waals surface area contributed by atoms with Crippen molar-refractivity contribution in [2.75, 3.05) is 0 Å². The maximum atomic E-state index is 11.5. The second kappa shape index (κ2) is 6.25. The molecule has 1 aromatic carbocycles. The van der Waals surface area contributed by atoms with Crippen molar-refractivity contribution in [2.45, 2.75) is 20.0 Å². The summed E-state index contributed by atoms with van der Waals surface area (Å²) >= 11 is 4.94. The first kappa shape index (κ1) is 14.1. The number of H-pyrrole nitrogens is 1. The summed E-state index contributed by atoms with van der Waals surface area (Å²) in [6.07, 6.45) is 2.75. The van der Waals surface area contributed by atoms with Crippen molar-refractivity contribution < 1.29 is 4.74 Å². The number of ether oxygens (including phenoxy) is 1. The fourth-order valence-electron chi connectivity index (χ4n) is 1.52. The van der Waals surface area contributed by atoms with Crippen molar-refractivity contribution in [3.63, 3.8) is 0 Å². The van der Waals surface area contributed by atoms with Crippen molar-refractivity contribution in [3.05, 3.63) is 51.2 Å². The predicted molar refractivity (Wildman–Crippen MR) is 78.9 cm³/mol. The zero-order chi connectivity index (χ0) is 14.5. The van der Waals surface area contributed by atoms with Gasteiger partial charge < -0.3 is 4.74 Å². The molecule has 0 spiro atoms. The Morgan fingerprint density at radius 2 is 2.30 bits per heavy atom. The summed E-state index contributed by atoms with van der Waals surface area (Å²) in [6.45, 7) is 3.91. The van der Waals surface area contributed by atoms with Crippen LogP contribution in [-0.2, 0) is 0 Å². The molecule has 0 saturated carbocycles. The van der Waals surface area contributed by atoms with Crippen LogP contribution in [0.3, 0.4) is 0 Å². The van der Waals surface area contributed by atoms with E-state index in [-0.39, 0.29) is 16.4 Å². The van der Waals surface area contributed by atoms with E-state index < -0.39 is 0 Å². The molecule has 0 saturated heterocycles. The van der Waals surface area contributed by atoms with Gasteiger partial charge in [0.15, 0.2) is 0 Å². The summed E-state index contributed by atoms with van der Waals surface area (Å²) in [4.78, 5) is 11.5. The van der Waals surface area contributed by atoms with Crippen LogP contribution in [0.15, 0.2) is 40.4 Å². The molecule has 0 aliphatic rings. The monoisotopic (exact) mass is 290 g/mol. The molecule has 6 nitrogen and oxygen atoms in total. The van der Waals surface area contributed by atoms with Crippen molar-refractivity contribution >= 4 is 18.4 Å². The zero-order valence-electron chi connectivity index (χ0n) is 11.1. The minimum absolute atomic E-state index is 0.0962. The third kappa shape index (κ3) is 3.61. The lowest BCUT2D eigenvalue weighted by atomic mass is 10.2. The number of nitrogens with zero attached hydrogens (tertiary/aromatic N) is 3. The van der Waals surface area contributed by atoms with Gasteiger partial charge in [0, 0.05) is 0 Å². The first-order valence-corrected chi connectivity index (χ1v) is 6.45. The smallest absolute Gasteiger partial charge is 0.293 e. The molecule has 0 fully saturated rings. The van der Waals surface area contributed by atoms with Crippen LogP contribution in [0.1, 0.15) is 19.4 Å². The molecule has 20 heavy (non-hydrogen) atoms. The summed E-state index contributed by atoms with van der Waals surface area (Å²) in [5, 5.41) is 10.1. The van der Waals surface area contributed by atoms with Gasteiger partial charge in [0.2, 0.25) is 4.77 Å². The molecule has 0 aliphatic carbocycles. The summed E-state index contributed by atoms with van der Waals surface area (Å²) in [5.41, 5.74) is 0.417. The molecule has 1 N–H and O–H groups in total. The number of aromatic nitrogens is 3. The van der Waals surface area contributed by atoms with Gasteiger partial charge in [0.25, 0.3) is 5.56 Å². The van der Waals surface area contributed by atoms with Crippen LogP contribution in [0.5, 0.6) is 5.75 Å². The van der Waals surface area contributed by atoms with Gasteiger partial charge in [-0.3, -0.25) is 9.89 Å². The minimum atomic E-state index is -0.389. The van der Waals surface area contributed by atoms with E-state index in [1.54, 1.807) is 0 Å². The first-order valence-electron chi connectivity index (χ1n) is 6.04. The molecule has 1 heterocycles. The second-order valence-electron chi connectivity index (χ2n) is 4.31. The highest BCUT2D eigenvalue weighted by Gasteiger charge is 1.99. The summed E-state index contributed by atoms with van der Waals surface area (Å²) in [6, 6.07) is 7.41. The Balaban J connectivity index is 2.28. The maximum Gasteiger partial charge on any atom is 0.293 e. The molecule has 0 amide bonds. The normalized spacial score (nSPS) is 11.2. The molecule has 104 valence electrons. The average molecular weight is 290 g/mol. The van der Waals surface area contributed by atoms with E-state index in [2.05, 4.69) is 15.3 Å². The molecule has 1 aromatic heterocycles. The topological polar surface area (TPSA) is 72.3 Å². The highest BCUT2D eigenvalue weighted by Crippen LogP contribution is 2.13. The number of aromatic amines is 1. The van der Waals surface area contributed by atoms with Crippen LogP contribution in [0.4, 0.5) is 0 Å². The number of rotatable bonds is 4. The van der Waals surface area contributed by atoms with Gasteiger partial charge in [-0.05, 0) is 43.8 Å². The van der Waals surface area contributed by atoms with E-state index in [0.717, 1.165) is 22.2 Å². The lowest BCUT2D eigenvalue weighted by Gasteiger charge is -2.09. The fraction of sp³-hybridized carbons (Fsp3) is 0.231. The van der Waals surface area contributed by atoms with E-state index in [1.807, 2.05) is 38.1 Å². The molecule has 0 radical (unpaired) electrons. The summed E-state index contributed by atoms with van der Waals surface area (Å²) in [5.74, 6) is 0.746. The third-order valence-electron chi connectivity index (χ3n) is 2.29. The van der Waals surface area contributed by atoms with Crippen LogP contribution >= 0.6 is 12.2 Å². The molecule has 0 aliphatic heterocycles. The van der Waals surface area contributed by atoms with Crippen molar-refractivity contribution in [3.8, 4) is 5.75 Å². The van der Waals surface area contributed by atoms with Crippen LogP contribution < -0.4 is 10.3 Å². The average Bonchev–Trinajstić information content (AvgIpc) is 2.38. The van der Waals surface area contributed by atoms with Gasteiger partial charge in [-0.1, -0.05) is 12.1 Å². The molecule has 0 unspecified atom stereocenters. The Hall–Kier alpha value is -2.28. The highest BCUT2D eigenvalue weighted by molar-refractivity contribution is 7.71. The van der Waals surface area contributed by atoms with Crippen molar-refractivity contribution in [1.82, 2.24) is 14.9 Å². The van der Waals surface area contributed by atoms with Gasteiger partial charge in [0.05, 0.1) is 12.3 Å². The van der Waals surface area contributed by atoms with Crippen LogP contribution in [0, 0.1) is 4.77 Å². The second-order valence-corrected chi connectivity index (χ2v) is 4.70. The lowest BCUT2D eigenvalue weighted by molar-refractivity contribution is 0.242. The molecular formula is C13H14N4O2S. The van der Waals surface area contributed by atoms with E-state index in [9.17, 15) is 4.79 Å². The van der Waals surface area contributed by atoms with E-state index in [0.29, 0.717) is 0 Å². The first-order chi connectivity index (χ1) is 9.56. The van der Waals surface area contributed by atoms with Gasteiger partial charge in [-0.15, -0.1) is 0 Å². The van der Waals surface area contributed by atoms with Gasteiger partial charge in [-0.25, -0.2) is 0 Å². The SMILES string of the molecule is CC(C)Oc1cccc(/C=N\n2c(=O)cn[nH]c2=S)c1. The van der Waals surface area contributed by atoms with Crippen molar-refractivity contribution in [2.24, 2.45) is 5.10 Å². The Bertz CT molecular complexity index is 705. The summed E-state index contributed by atoms with van der Waals surface area (Å²) < 4.78 is 6.80. The Morgan fingerprint density at radius 1 is 1.50 bits per heavy atom. The van der Waals surface area contributed by atoms with Crippen LogP contribution in [-0.4, -0.2) is 27.2 Å². The molecule has 0 atom stereocenters.